The lowest BCUT2D eigenvalue weighted by Gasteiger charge is -2.18. The summed E-state index contributed by atoms with van der Waals surface area (Å²) < 4.78 is 16.6. The predicted octanol–water partition coefficient (Wildman–Crippen LogP) is 14.1. The number of rotatable bonds is 38. The van der Waals surface area contributed by atoms with Crippen LogP contribution in [0.15, 0.2) is 85.1 Å². The summed E-state index contributed by atoms with van der Waals surface area (Å²) in [7, 11) is 0. The molecule has 0 rings (SSSR count). The Morgan fingerprint density at radius 2 is 0.709 bits per heavy atom. The molecule has 1 atom stereocenters. The zero-order valence-electron chi connectivity index (χ0n) is 35.4. The van der Waals surface area contributed by atoms with Gasteiger partial charge >= 0.3 is 17.9 Å². The minimum atomic E-state index is -0.791. The van der Waals surface area contributed by atoms with Gasteiger partial charge in [-0.15, -0.1) is 0 Å². The third-order valence-electron chi connectivity index (χ3n) is 8.90. The Kier molecular flexibility index (Phi) is 40.6. The van der Waals surface area contributed by atoms with E-state index in [1.807, 2.05) is 0 Å². The van der Waals surface area contributed by atoms with Gasteiger partial charge in [0.15, 0.2) is 6.10 Å². The van der Waals surface area contributed by atoms with Crippen LogP contribution in [-0.2, 0) is 28.6 Å². The van der Waals surface area contributed by atoms with Crippen LogP contribution in [0.5, 0.6) is 0 Å². The number of hydrogen-bond acceptors (Lipinski definition) is 6. The molecule has 0 aliphatic heterocycles. The van der Waals surface area contributed by atoms with Crippen LogP contribution in [0.1, 0.15) is 188 Å². The Bertz CT molecular complexity index is 1110. The van der Waals surface area contributed by atoms with Gasteiger partial charge in [-0.2, -0.15) is 0 Å². The molecular formula is C49H80O6. The third-order valence-corrected chi connectivity index (χ3v) is 8.90. The fourth-order valence-electron chi connectivity index (χ4n) is 5.62. The second-order valence-electron chi connectivity index (χ2n) is 14.2. The number of allylic oxidation sites excluding steroid dienone is 14. The van der Waals surface area contributed by atoms with Crippen LogP contribution in [0.4, 0.5) is 0 Å². The predicted molar refractivity (Wildman–Crippen MR) is 233 cm³/mol. The molecule has 0 amide bonds. The number of carbonyl (C=O) groups is 3. The number of hydrogen-bond donors (Lipinski definition) is 0. The van der Waals surface area contributed by atoms with Crippen molar-refractivity contribution in [2.75, 3.05) is 13.2 Å². The lowest BCUT2D eigenvalue weighted by molar-refractivity contribution is -0.167. The van der Waals surface area contributed by atoms with Crippen LogP contribution in [0.3, 0.4) is 0 Å². The van der Waals surface area contributed by atoms with E-state index in [0.29, 0.717) is 19.3 Å². The van der Waals surface area contributed by atoms with Crippen molar-refractivity contribution < 1.29 is 28.6 Å². The second-order valence-corrected chi connectivity index (χ2v) is 14.2. The summed E-state index contributed by atoms with van der Waals surface area (Å²) in [6.07, 6.45) is 54.5. The highest BCUT2D eigenvalue weighted by Gasteiger charge is 2.19. The van der Waals surface area contributed by atoms with Gasteiger partial charge in [-0.05, 0) is 89.9 Å². The summed E-state index contributed by atoms with van der Waals surface area (Å²) in [5.41, 5.74) is 0. The third kappa shape index (κ3) is 41.6. The minimum absolute atomic E-state index is 0.0939. The zero-order valence-corrected chi connectivity index (χ0v) is 35.4. The smallest absolute Gasteiger partial charge is 0.306 e. The zero-order chi connectivity index (χ0) is 40.1. The fraction of sp³-hybridized carbons (Fsp3) is 0.653. The topological polar surface area (TPSA) is 78.9 Å². The first-order valence-electron chi connectivity index (χ1n) is 22.1. The molecule has 0 radical (unpaired) electrons. The van der Waals surface area contributed by atoms with Crippen molar-refractivity contribution in [3.8, 4) is 0 Å². The quantitative estimate of drug-likeness (QED) is 0.0270. The van der Waals surface area contributed by atoms with Gasteiger partial charge in [-0.25, -0.2) is 0 Å². The molecule has 0 bridgehead atoms. The van der Waals surface area contributed by atoms with Crippen LogP contribution >= 0.6 is 0 Å². The molecule has 0 aliphatic carbocycles. The van der Waals surface area contributed by atoms with Crippen LogP contribution in [-0.4, -0.2) is 37.2 Å². The molecule has 0 saturated heterocycles. The first-order chi connectivity index (χ1) is 27.0. The molecule has 0 spiro atoms. The Morgan fingerprint density at radius 3 is 1.11 bits per heavy atom. The van der Waals surface area contributed by atoms with E-state index in [1.165, 1.54) is 0 Å². The highest BCUT2D eigenvalue weighted by molar-refractivity contribution is 5.71. The number of ether oxygens (including phenoxy) is 3. The Morgan fingerprint density at radius 1 is 0.382 bits per heavy atom. The van der Waals surface area contributed by atoms with Crippen molar-refractivity contribution in [3.05, 3.63) is 85.1 Å². The van der Waals surface area contributed by atoms with E-state index in [9.17, 15) is 14.4 Å². The van der Waals surface area contributed by atoms with Crippen molar-refractivity contribution >= 4 is 17.9 Å². The van der Waals surface area contributed by atoms with Gasteiger partial charge in [0, 0.05) is 19.3 Å². The first kappa shape index (κ1) is 51.6. The summed E-state index contributed by atoms with van der Waals surface area (Å²) >= 11 is 0. The monoisotopic (exact) mass is 765 g/mol. The molecule has 6 heteroatoms. The van der Waals surface area contributed by atoms with Crippen LogP contribution < -0.4 is 0 Å². The Labute approximate surface area is 337 Å². The summed E-state index contributed by atoms with van der Waals surface area (Å²) in [5.74, 6) is -0.959. The van der Waals surface area contributed by atoms with Crippen molar-refractivity contribution in [3.63, 3.8) is 0 Å². The van der Waals surface area contributed by atoms with E-state index >= 15 is 0 Å². The first-order valence-corrected chi connectivity index (χ1v) is 22.1. The fourth-order valence-corrected chi connectivity index (χ4v) is 5.62. The van der Waals surface area contributed by atoms with Gasteiger partial charge in [-0.3, -0.25) is 14.4 Å². The van der Waals surface area contributed by atoms with Gasteiger partial charge in [-0.1, -0.05) is 164 Å². The number of carbonyl (C=O) groups excluding carboxylic acids is 3. The SMILES string of the molecule is CC/C=C\C/C=C\C/C=C\C/C=C\CCCCCCC(=O)OCC(COC(=O)CCCCCCC)OC(=O)CCCCCCC/C=C\C/C=C\C/C=C\CC. The minimum Gasteiger partial charge on any atom is -0.462 e. The van der Waals surface area contributed by atoms with Gasteiger partial charge in [0.2, 0.25) is 0 Å². The number of unbranched alkanes of at least 4 members (excludes halogenated alkanes) is 13. The number of esters is 3. The standard InChI is InChI=1S/C49H80O6/c1-4-7-10-13-15-17-19-21-23-24-26-27-29-31-33-36-39-42-48(51)54-45-46(44-53-47(50)41-38-35-12-9-6-3)55-49(52)43-40-37-34-32-30-28-25-22-20-18-16-14-11-8-5-2/h7-8,10-11,15-18,21-23,25-27,46H,4-6,9,12-14,19-20,24,28-45H2,1-3H3/b10-7-,11-8-,17-15-,18-16-,23-21-,25-22-,27-26-. The van der Waals surface area contributed by atoms with Crippen LogP contribution in [0.2, 0.25) is 0 Å². The maximum Gasteiger partial charge on any atom is 0.306 e. The highest BCUT2D eigenvalue weighted by Crippen LogP contribution is 2.12. The van der Waals surface area contributed by atoms with E-state index in [2.05, 4.69) is 106 Å². The average Bonchev–Trinajstić information content (AvgIpc) is 3.18. The summed E-state index contributed by atoms with van der Waals surface area (Å²) in [6.45, 7) is 6.26. The molecule has 0 heterocycles. The van der Waals surface area contributed by atoms with E-state index in [0.717, 1.165) is 148 Å². The summed E-state index contributed by atoms with van der Waals surface area (Å²) in [4.78, 5) is 37.5. The van der Waals surface area contributed by atoms with Gasteiger partial charge in [0.25, 0.3) is 0 Å². The maximum atomic E-state index is 12.7. The molecule has 55 heavy (non-hydrogen) atoms. The second kappa shape index (κ2) is 43.3. The van der Waals surface area contributed by atoms with Crippen molar-refractivity contribution in [2.45, 2.75) is 194 Å². The van der Waals surface area contributed by atoms with Gasteiger partial charge in [0.1, 0.15) is 13.2 Å². The summed E-state index contributed by atoms with van der Waals surface area (Å²) in [6, 6.07) is 0. The molecule has 0 aromatic heterocycles. The van der Waals surface area contributed by atoms with E-state index in [4.69, 9.17) is 14.2 Å². The Hall–Kier alpha value is -3.41. The highest BCUT2D eigenvalue weighted by atomic mass is 16.6. The molecule has 312 valence electrons. The Balaban J connectivity index is 4.33. The molecule has 1 unspecified atom stereocenters. The van der Waals surface area contributed by atoms with E-state index in [1.54, 1.807) is 0 Å². The molecule has 0 aromatic rings. The van der Waals surface area contributed by atoms with Crippen molar-refractivity contribution in [1.29, 1.82) is 0 Å². The molecule has 6 nitrogen and oxygen atoms in total. The molecular weight excluding hydrogens is 685 g/mol. The van der Waals surface area contributed by atoms with E-state index in [-0.39, 0.29) is 31.1 Å². The largest absolute Gasteiger partial charge is 0.462 e. The van der Waals surface area contributed by atoms with Crippen molar-refractivity contribution in [1.82, 2.24) is 0 Å². The molecule has 0 N–H and O–H groups in total. The lowest BCUT2D eigenvalue weighted by Crippen LogP contribution is -2.30. The molecule has 0 aromatic carbocycles. The summed E-state index contributed by atoms with van der Waals surface area (Å²) in [5, 5.41) is 0. The normalized spacial score (nSPS) is 12.9. The van der Waals surface area contributed by atoms with Gasteiger partial charge < -0.3 is 14.2 Å². The average molecular weight is 765 g/mol. The van der Waals surface area contributed by atoms with E-state index < -0.39 is 6.10 Å². The molecule has 0 saturated carbocycles. The lowest BCUT2D eigenvalue weighted by atomic mass is 10.1. The van der Waals surface area contributed by atoms with Crippen molar-refractivity contribution in [2.24, 2.45) is 0 Å². The van der Waals surface area contributed by atoms with Crippen LogP contribution in [0, 0.1) is 0 Å². The van der Waals surface area contributed by atoms with Crippen LogP contribution in [0.25, 0.3) is 0 Å². The maximum absolute atomic E-state index is 12.7. The molecule has 0 fully saturated rings. The molecule has 0 aliphatic rings. The van der Waals surface area contributed by atoms with Gasteiger partial charge in [0.05, 0.1) is 0 Å².